The Balaban J connectivity index is 1.96. The van der Waals surface area contributed by atoms with Crippen LogP contribution < -0.4 is 10.1 Å². The largest absolute Gasteiger partial charge is 0.490 e. The molecule has 3 rings (SSSR count). The van der Waals surface area contributed by atoms with Crippen LogP contribution in [0.4, 0.5) is 5.69 Å². The zero-order valence-corrected chi connectivity index (χ0v) is 24.8. The van der Waals surface area contributed by atoms with Crippen LogP contribution in [0.2, 0.25) is 0 Å². The number of amides is 2. The number of benzene rings is 2. The Morgan fingerprint density at radius 2 is 1.93 bits per heavy atom. The van der Waals surface area contributed by atoms with Gasteiger partial charge >= 0.3 is 0 Å². The van der Waals surface area contributed by atoms with Gasteiger partial charge in [-0.3, -0.25) is 9.59 Å². The predicted molar refractivity (Wildman–Crippen MR) is 159 cm³/mol. The van der Waals surface area contributed by atoms with Gasteiger partial charge in [-0.15, -0.1) is 0 Å². The van der Waals surface area contributed by atoms with Gasteiger partial charge in [-0.2, -0.15) is 0 Å². The Morgan fingerprint density at radius 3 is 2.62 bits per heavy atom. The summed E-state index contributed by atoms with van der Waals surface area (Å²) in [5, 5.41) is 13.0. The number of anilines is 1. The number of nitrogens with zero attached hydrogens (tertiary/aromatic N) is 2. The minimum atomic E-state index is -0.412. The van der Waals surface area contributed by atoms with E-state index in [1.165, 1.54) is 0 Å². The second kappa shape index (κ2) is 15.7. The van der Waals surface area contributed by atoms with E-state index in [9.17, 15) is 14.7 Å². The van der Waals surface area contributed by atoms with Crippen molar-refractivity contribution in [3.63, 3.8) is 0 Å². The van der Waals surface area contributed by atoms with Crippen molar-refractivity contribution in [2.75, 3.05) is 45.2 Å². The third-order valence-corrected chi connectivity index (χ3v) is 7.44. The SMILES string of the molecule is CCCN(C)C[C@H]1OCCCC[C@H](C)Oc2ccc(NC(=O)c3ccccc3)cc2C(=O)N([C@@H](C)CO)C[C@H]1C. The fraction of sp³-hybridized carbons (Fsp3) is 0.562. The summed E-state index contributed by atoms with van der Waals surface area (Å²) in [4.78, 5) is 31.0. The summed E-state index contributed by atoms with van der Waals surface area (Å²) in [5.74, 6) is 0.00713. The van der Waals surface area contributed by atoms with Gasteiger partial charge < -0.3 is 29.7 Å². The van der Waals surface area contributed by atoms with Crippen LogP contribution in [0.1, 0.15) is 74.1 Å². The molecule has 2 aromatic carbocycles. The number of hydrogen-bond donors (Lipinski definition) is 2. The summed E-state index contributed by atoms with van der Waals surface area (Å²) in [7, 11) is 2.10. The third-order valence-electron chi connectivity index (χ3n) is 7.44. The average Bonchev–Trinajstić information content (AvgIpc) is 2.95. The fourth-order valence-electron chi connectivity index (χ4n) is 5.04. The van der Waals surface area contributed by atoms with E-state index in [1.807, 2.05) is 32.0 Å². The van der Waals surface area contributed by atoms with Gasteiger partial charge in [0.1, 0.15) is 5.75 Å². The van der Waals surface area contributed by atoms with Crippen LogP contribution in [0.5, 0.6) is 5.75 Å². The number of carbonyl (C=O) groups is 2. The van der Waals surface area contributed by atoms with Crippen LogP contribution in [0, 0.1) is 5.92 Å². The molecular weight excluding hydrogens is 506 g/mol. The zero-order chi connectivity index (χ0) is 29.1. The van der Waals surface area contributed by atoms with Crippen LogP contribution >= 0.6 is 0 Å². The highest BCUT2D eigenvalue weighted by Gasteiger charge is 2.30. The molecule has 2 aromatic rings. The van der Waals surface area contributed by atoms with Gasteiger partial charge in [0.25, 0.3) is 11.8 Å². The second-order valence-corrected chi connectivity index (χ2v) is 11.1. The fourth-order valence-corrected chi connectivity index (χ4v) is 5.04. The van der Waals surface area contributed by atoms with Crippen molar-refractivity contribution in [2.24, 2.45) is 5.92 Å². The Labute approximate surface area is 239 Å². The summed E-state index contributed by atoms with van der Waals surface area (Å²) >= 11 is 0. The highest BCUT2D eigenvalue weighted by atomic mass is 16.5. The van der Waals surface area contributed by atoms with Gasteiger partial charge in [0.2, 0.25) is 0 Å². The first-order chi connectivity index (χ1) is 19.2. The predicted octanol–water partition coefficient (Wildman–Crippen LogP) is 5.08. The van der Waals surface area contributed by atoms with Gasteiger partial charge in [-0.25, -0.2) is 0 Å². The maximum atomic E-state index is 14.2. The van der Waals surface area contributed by atoms with E-state index in [-0.39, 0.29) is 36.5 Å². The molecule has 8 nitrogen and oxygen atoms in total. The Bertz CT molecular complexity index is 1080. The van der Waals surface area contributed by atoms with Gasteiger partial charge in [0.15, 0.2) is 0 Å². The van der Waals surface area contributed by atoms with Crippen LogP contribution in [0.3, 0.4) is 0 Å². The van der Waals surface area contributed by atoms with Gasteiger partial charge in [0, 0.05) is 36.9 Å². The molecule has 0 aromatic heterocycles. The van der Waals surface area contributed by atoms with Gasteiger partial charge in [0.05, 0.1) is 30.4 Å². The lowest BCUT2D eigenvalue weighted by Gasteiger charge is -2.35. The molecule has 1 heterocycles. The number of rotatable bonds is 8. The van der Waals surface area contributed by atoms with Crippen molar-refractivity contribution < 1.29 is 24.2 Å². The van der Waals surface area contributed by atoms with Gasteiger partial charge in [-0.05, 0) is 83.5 Å². The summed E-state index contributed by atoms with van der Waals surface area (Å²) < 4.78 is 12.7. The minimum absolute atomic E-state index is 0.0319. The number of likely N-dealkylation sites (N-methyl/N-ethyl adjacent to an activating group) is 1. The lowest BCUT2D eigenvalue weighted by atomic mass is 10.0. The maximum Gasteiger partial charge on any atom is 0.258 e. The minimum Gasteiger partial charge on any atom is -0.490 e. The molecule has 40 heavy (non-hydrogen) atoms. The second-order valence-electron chi connectivity index (χ2n) is 11.1. The summed E-state index contributed by atoms with van der Waals surface area (Å²) in [6.45, 7) is 10.8. The molecule has 0 radical (unpaired) electrons. The molecule has 2 amide bonds. The molecule has 8 heteroatoms. The first-order valence-electron chi connectivity index (χ1n) is 14.6. The molecule has 0 saturated heterocycles. The van der Waals surface area contributed by atoms with Crippen molar-refractivity contribution in [1.82, 2.24) is 9.80 Å². The Morgan fingerprint density at radius 1 is 1.18 bits per heavy atom. The van der Waals surface area contributed by atoms with Crippen LogP contribution in [-0.2, 0) is 4.74 Å². The van der Waals surface area contributed by atoms with E-state index in [4.69, 9.17) is 9.47 Å². The molecule has 4 atom stereocenters. The van der Waals surface area contributed by atoms with E-state index in [1.54, 1.807) is 35.2 Å². The Kier molecular flexibility index (Phi) is 12.4. The van der Waals surface area contributed by atoms with Crippen molar-refractivity contribution >= 4 is 17.5 Å². The van der Waals surface area contributed by atoms with E-state index >= 15 is 0 Å². The maximum absolute atomic E-state index is 14.2. The molecule has 0 saturated carbocycles. The molecule has 2 N–H and O–H groups in total. The van der Waals surface area contributed by atoms with Crippen LogP contribution in [0.25, 0.3) is 0 Å². The first-order valence-corrected chi connectivity index (χ1v) is 14.6. The van der Waals surface area contributed by atoms with Crippen molar-refractivity contribution in [2.45, 2.75) is 71.6 Å². The van der Waals surface area contributed by atoms with Crippen LogP contribution in [0.15, 0.2) is 48.5 Å². The first kappa shape index (κ1) is 31.6. The molecule has 0 aliphatic carbocycles. The molecule has 0 unspecified atom stereocenters. The average molecular weight is 554 g/mol. The topological polar surface area (TPSA) is 91.3 Å². The quantitative estimate of drug-likeness (QED) is 0.474. The molecule has 220 valence electrons. The van der Waals surface area contributed by atoms with E-state index in [2.05, 4.69) is 31.1 Å². The van der Waals surface area contributed by atoms with E-state index in [0.29, 0.717) is 35.7 Å². The molecule has 0 bridgehead atoms. The monoisotopic (exact) mass is 553 g/mol. The number of ether oxygens (including phenoxy) is 2. The standard InChI is InChI=1S/C32H47N3O5/c1-6-17-34(5)21-30-23(2)20-35(24(3)22-36)32(38)28-19-27(33-31(37)26-13-8-7-9-14-26)15-16-29(28)40-25(4)12-10-11-18-39-30/h7-9,13-16,19,23-25,30,36H,6,10-12,17-18,20-22H2,1-5H3,(H,33,37)/t23-,24+,25+,30-/m1/s1. The zero-order valence-electron chi connectivity index (χ0n) is 24.8. The highest BCUT2D eigenvalue weighted by Crippen LogP contribution is 2.28. The van der Waals surface area contributed by atoms with Crippen molar-refractivity contribution in [3.05, 3.63) is 59.7 Å². The molecule has 0 fully saturated rings. The number of carbonyl (C=O) groups excluding carboxylic acids is 2. The summed E-state index contributed by atoms with van der Waals surface area (Å²) in [6.07, 6.45) is 3.62. The van der Waals surface area contributed by atoms with Crippen molar-refractivity contribution in [3.8, 4) is 5.75 Å². The lowest BCUT2D eigenvalue weighted by molar-refractivity contribution is -0.0167. The molecular formula is C32H47N3O5. The third kappa shape index (κ3) is 9.04. The van der Waals surface area contributed by atoms with Crippen molar-refractivity contribution in [1.29, 1.82) is 0 Å². The number of nitrogens with one attached hydrogen (secondary N) is 1. The number of aliphatic hydroxyl groups is 1. The van der Waals surface area contributed by atoms with E-state index < -0.39 is 6.04 Å². The van der Waals surface area contributed by atoms with Crippen LogP contribution in [-0.4, -0.2) is 84.9 Å². The Hall–Kier alpha value is -2.94. The molecule has 1 aliphatic rings. The summed E-state index contributed by atoms with van der Waals surface area (Å²) in [5.41, 5.74) is 1.40. The highest BCUT2D eigenvalue weighted by molar-refractivity contribution is 6.05. The van der Waals surface area contributed by atoms with E-state index in [0.717, 1.165) is 38.8 Å². The summed E-state index contributed by atoms with van der Waals surface area (Å²) in [6, 6.07) is 13.8. The molecule has 1 aliphatic heterocycles. The number of fused-ring (bicyclic) bond motifs is 1. The van der Waals surface area contributed by atoms with Gasteiger partial charge in [-0.1, -0.05) is 32.0 Å². The number of hydrogen-bond acceptors (Lipinski definition) is 6. The smallest absolute Gasteiger partial charge is 0.258 e. The molecule has 0 spiro atoms. The number of aliphatic hydroxyl groups excluding tert-OH is 1. The normalized spacial score (nSPS) is 21.7. The lowest BCUT2D eigenvalue weighted by Crippen LogP contribution is -2.47.